The summed E-state index contributed by atoms with van der Waals surface area (Å²) in [6, 6.07) is 1.26. The van der Waals surface area contributed by atoms with Crippen LogP contribution in [0.25, 0.3) is 0 Å². The summed E-state index contributed by atoms with van der Waals surface area (Å²) in [5, 5.41) is 12.2. The fraction of sp³-hybridized carbons (Fsp3) is 0.917. The summed E-state index contributed by atoms with van der Waals surface area (Å²) >= 11 is 0. The Morgan fingerprint density at radius 3 is 2.94 bits per heavy atom. The summed E-state index contributed by atoms with van der Waals surface area (Å²) in [5.74, 6) is 0.314. The topological polar surface area (TPSA) is 52.6 Å². The normalized spacial score (nSPS) is 27.5. The molecule has 2 rings (SSSR count). The lowest BCUT2D eigenvalue weighted by molar-refractivity contribution is -0.128. The molecule has 1 aliphatic carbocycles. The molecular formula is C12H22N2O2. The van der Waals surface area contributed by atoms with Crippen LogP contribution in [-0.2, 0) is 4.79 Å². The first-order valence-electron chi connectivity index (χ1n) is 6.37. The average molecular weight is 226 g/mol. The van der Waals surface area contributed by atoms with E-state index in [1.807, 2.05) is 4.90 Å². The van der Waals surface area contributed by atoms with Gasteiger partial charge in [-0.05, 0) is 32.6 Å². The molecule has 2 N–H and O–H groups in total. The summed E-state index contributed by atoms with van der Waals surface area (Å²) in [4.78, 5) is 13.7. The number of likely N-dealkylation sites (tertiary alicyclic amines) is 1. The van der Waals surface area contributed by atoms with Gasteiger partial charge in [-0.3, -0.25) is 4.79 Å². The molecule has 0 aromatic rings. The summed E-state index contributed by atoms with van der Waals surface area (Å²) in [7, 11) is 0. The minimum atomic E-state index is 0.254. The van der Waals surface area contributed by atoms with Crippen LogP contribution in [0.3, 0.4) is 0 Å². The minimum absolute atomic E-state index is 0.254. The van der Waals surface area contributed by atoms with E-state index in [4.69, 9.17) is 5.11 Å². The highest BCUT2D eigenvalue weighted by atomic mass is 16.2. The van der Waals surface area contributed by atoms with Crippen molar-refractivity contribution in [2.75, 3.05) is 13.2 Å². The third kappa shape index (κ3) is 2.95. The van der Waals surface area contributed by atoms with Gasteiger partial charge in [0.05, 0.1) is 0 Å². The van der Waals surface area contributed by atoms with Gasteiger partial charge in [0.15, 0.2) is 0 Å². The van der Waals surface area contributed by atoms with Crippen LogP contribution < -0.4 is 5.32 Å². The van der Waals surface area contributed by atoms with Crippen molar-refractivity contribution in [1.82, 2.24) is 10.2 Å². The van der Waals surface area contributed by atoms with Gasteiger partial charge in [0, 0.05) is 37.7 Å². The second-order valence-electron chi connectivity index (χ2n) is 5.11. The van der Waals surface area contributed by atoms with Crippen molar-refractivity contribution in [2.45, 2.75) is 57.2 Å². The summed E-state index contributed by atoms with van der Waals surface area (Å²) in [6.07, 6.45) is 4.85. The fourth-order valence-electron chi connectivity index (χ4n) is 2.47. The number of nitrogens with one attached hydrogen (secondary N) is 1. The van der Waals surface area contributed by atoms with Crippen LogP contribution in [0.4, 0.5) is 0 Å². The van der Waals surface area contributed by atoms with Crippen LogP contribution >= 0.6 is 0 Å². The second-order valence-corrected chi connectivity index (χ2v) is 5.11. The number of amides is 1. The molecule has 1 saturated carbocycles. The average Bonchev–Trinajstić information content (AvgIpc) is 3.01. The lowest BCUT2D eigenvalue weighted by atomic mass is 10.1. The monoisotopic (exact) mass is 226 g/mol. The largest absolute Gasteiger partial charge is 0.396 e. The molecule has 0 aromatic carbocycles. The highest BCUT2D eigenvalue weighted by Crippen LogP contribution is 2.30. The van der Waals surface area contributed by atoms with E-state index in [0.717, 1.165) is 19.4 Å². The van der Waals surface area contributed by atoms with Crippen LogP contribution in [0.5, 0.6) is 0 Å². The number of carbonyl (C=O) groups is 1. The SMILES string of the molecule is CC(CCCO)NC1CC(=O)N(C2CC2)C1. The van der Waals surface area contributed by atoms with Gasteiger partial charge < -0.3 is 15.3 Å². The molecule has 16 heavy (non-hydrogen) atoms. The number of aliphatic hydroxyl groups is 1. The van der Waals surface area contributed by atoms with Gasteiger partial charge in [-0.25, -0.2) is 0 Å². The Labute approximate surface area is 97.0 Å². The molecule has 2 atom stereocenters. The van der Waals surface area contributed by atoms with Crippen LogP contribution in [0, 0.1) is 0 Å². The number of carbonyl (C=O) groups excluding carboxylic acids is 1. The standard InChI is InChI=1S/C12H22N2O2/c1-9(3-2-6-15)13-10-7-12(16)14(8-10)11-4-5-11/h9-11,13,15H,2-8H2,1H3. The van der Waals surface area contributed by atoms with Crippen molar-refractivity contribution in [3.05, 3.63) is 0 Å². The zero-order chi connectivity index (χ0) is 11.5. The summed E-state index contributed by atoms with van der Waals surface area (Å²) in [6.45, 7) is 3.26. The fourth-order valence-corrected chi connectivity index (χ4v) is 2.47. The molecule has 4 heteroatoms. The maximum Gasteiger partial charge on any atom is 0.224 e. The first-order valence-corrected chi connectivity index (χ1v) is 6.37. The third-order valence-corrected chi connectivity index (χ3v) is 3.46. The van der Waals surface area contributed by atoms with Gasteiger partial charge in [0.2, 0.25) is 5.91 Å². The van der Waals surface area contributed by atoms with Crippen molar-refractivity contribution in [3.8, 4) is 0 Å². The predicted molar refractivity (Wildman–Crippen MR) is 62.1 cm³/mol. The number of nitrogens with zero attached hydrogens (tertiary/aromatic N) is 1. The van der Waals surface area contributed by atoms with E-state index in [9.17, 15) is 4.79 Å². The molecule has 0 spiro atoms. The van der Waals surface area contributed by atoms with Crippen LogP contribution in [0.1, 0.15) is 39.0 Å². The van der Waals surface area contributed by atoms with Gasteiger partial charge >= 0.3 is 0 Å². The maximum absolute atomic E-state index is 11.7. The van der Waals surface area contributed by atoms with Crippen molar-refractivity contribution in [1.29, 1.82) is 0 Å². The highest BCUT2D eigenvalue weighted by molar-refractivity contribution is 5.80. The van der Waals surface area contributed by atoms with Gasteiger partial charge in [0.25, 0.3) is 0 Å². The van der Waals surface area contributed by atoms with E-state index in [0.29, 0.717) is 30.5 Å². The Hall–Kier alpha value is -0.610. The molecule has 1 heterocycles. The van der Waals surface area contributed by atoms with Crippen molar-refractivity contribution < 1.29 is 9.90 Å². The van der Waals surface area contributed by atoms with E-state index < -0.39 is 0 Å². The Bertz CT molecular complexity index is 253. The number of aliphatic hydroxyl groups excluding tert-OH is 1. The predicted octanol–water partition coefficient (Wildman–Crippen LogP) is 0.500. The third-order valence-electron chi connectivity index (χ3n) is 3.46. The molecule has 0 aromatic heterocycles. The van der Waals surface area contributed by atoms with Crippen LogP contribution in [-0.4, -0.2) is 47.2 Å². The Kier molecular flexibility index (Phi) is 3.82. The first kappa shape index (κ1) is 11.9. The maximum atomic E-state index is 11.7. The molecule has 2 unspecified atom stereocenters. The molecule has 4 nitrogen and oxygen atoms in total. The van der Waals surface area contributed by atoms with Crippen molar-refractivity contribution in [2.24, 2.45) is 0 Å². The zero-order valence-corrected chi connectivity index (χ0v) is 9.98. The summed E-state index contributed by atoms with van der Waals surface area (Å²) in [5.41, 5.74) is 0. The van der Waals surface area contributed by atoms with Gasteiger partial charge in [0.1, 0.15) is 0 Å². The van der Waals surface area contributed by atoms with Crippen molar-refractivity contribution >= 4 is 5.91 Å². The Balaban J connectivity index is 1.72. The molecule has 0 radical (unpaired) electrons. The lowest BCUT2D eigenvalue weighted by Gasteiger charge is -2.19. The molecular weight excluding hydrogens is 204 g/mol. The second kappa shape index (κ2) is 5.15. The first-order chi connectivity index (χ1) is 7.70. The van der Waals surface area contributed by atoms with E-state index in [1.54, 1.807) is 0 Å². The quantitative estimate of drug-likeness (QED) is 0.693. The molecule has 1 aliphatic heterocycles. The highest BCUT2D eigenvalue weighted by Gasteiger charge is 2.39. The van der Waals surface area contributed by atoms with Gasteiger partial charge in [-0.15, -0.1) is 0 Å². The Morgan fingerprint density at radius 1 is 1.56 bits per heavy atom. The van der Waals surface area contributed by atoms with E-state index in [1.165, 1.54) is 12.8 Å². The molecule has 1 amide bonds. The number of rotatable bonds is 6. The number of hydrogen-bond acceptors (Lipinski definition) is 3. The smallest absolute Gasteiger partial charge is 0.224 e. The lowest BCUT2D eigenvalue weighted by Crippen LogP contribution is -2.39. The number of hydrogen-bond donors (Lipinski definition) is 2. The van der Waals surface area contributed by atoms with Crippen LogP contribution in [0.2, 0.25) is 0 Å². The zero-order valence-electron chi connectivity index (χ0n) is 9.98. The molecule has 2 fully saturated rings. The molecule has 2 aliphatic rings. The molecule has 1 saturated heterocycles. The summed E-state index contributed by atoms with van der Waals surface area (Å²) < 4.78 is 0. The van der Waals surface area contributed by atoms with Crippen molar-refractivity contribution in [3.63, 3.8) is 0 Å². The van der Waals surface area contributed by atoms with E-state index in [2.05, 4.69) is 12.2 Å². The molecule has 92 valence electrons. The van der Waals surface area contributed by atoms with E-state index in [-0.39, 0.29) is 6.61 Å². The Morgan fingerprint density at radius 2 is 2.31 bits per heavy atom. The molecule has 0 bridgehead atoms. The van der Waals surface area contributed by atoms with Crippen LogP contribution in [0.15, 0.2) is 0 Å². The van der Waals surface area contributed by atoms with E-state index >= 15 is 0 Å². The van der Waals surface area contributed by atoms with Gasteiger partial charge in [-0.1, -0.05) is 0 Å². The minimum Gasteiger partial charge on any atom is -0.396 e. The van der Waals surface area contributed by atoms with Gasteiger partial charge in [-0.2, -0.15) is 0 Å².